The smallest absolute Gasteiger partial charge is 0.144 e. The van der Waals surface area contributed by atoms with Gasteiger partial charge >= 0.3 is 0 Å². The average molecular weight is 443 g/mol. The van der Waals surface area contributed by atoms with Crippen molar-refractivity contribution in [2.24, 2.45) is 4.99 Å². The number of ether oxygens (including phenoxy) is 1. The summed E-state index contributed by atoms with van der Waals surface area (Å²) in [5.41, 5.74) is 8.65. The van der Waals surface area contributed by atoms with Gasteiger partial charge in [0.15, 0.2) is 0 Å². The molecule has 0 aliphatic carbocycles. The molecule has 170 valence electrons. The van der Waals surface area contributed by atoms with E-state index >= 15 is 0 Å². The van der Waals surface area contributed by atoms with Gasteiger partial charge in [-0.3, -0.25) is 9.98 Å². The molecule has 4 heterocycles. The van der Waals surface area contributed by atoms with Crippen LogP contribution in [0, 0.1) is 13.8 Å². The molecular weight excluding hydrogens is 412 g/mol. The van der Waals surface area contributed by atoms with Gasteiger partial charge in [0.05, 0.1) is 24.5 Å². The van der Waals surface area contributed by atoms with Crippen LogP contribution in [0.1, 0.15) is 35.3 Å². The van der Waals surface area contributed by atoms with Crippen LogP contribution in [0.25, 0.3) is 11.1 Å². The van der Waals surface area contributed by atoms with Crippen molar-refractivity contribution < 1.29 is 4.74 Å². The largest absolute Gasteiger partial charge is 0.491 e. The number of nitrogens with zero attached hydrogens (tertiary/aromatic N) is 6. The molecule has 2 aliphatic rings. The Morgan fingerprint density at radius 2 is 1.91 bits per heavy atom. The first-order valence-electron chi connectivity index (χ1n) is 11.4. The van der Waals surface area contributed by atoms with Crippen LogP contribution in [-0.4, -0.2) is 52.8 Å². The summed E-state index contributed by atoms with van der Waals surface area (Å²) in [6.45, 7) is 9.06. The molecule has 7 nitrogen and oxygen atoms in total. The average Bonchev–Trinajstić information content (AvgIpc) is 3.01. The lowest BCUT2D eigenvalue weighted by Gasteiger charge is -2.24. The Balaban J connectivity index is 1.48. The molecular formula is C26H30N6O. The highest BCUT2D eigenvalue weighted by atomic mass is 16.5. The molecule has 5 rings (SSSR count). The highest BCUT2D eigenvalue weighted by molar-refractivity contribution is 5.92. The molecule has 0 N–H and O–H groups in total. The maximum Gasteiger partial charge on any atom is 0.144 e. The monoisotopic (exact) mass is 442 g/mol. The van der Waals surface area contributed by atoms with Gasteiger partial charge in [0.2, 0.25) is 0 Å². The third kappa shape index (κ3) is 4.33. The third-order valence-corrected chi connectivity index (χ3v) is 6.22. The van der Waals surface area contributed by atoms with E-state index in [4.69, 9.17) is 14.7 Å². The fraction of sp³-hybridized carbons (Fsp3) is 0.385. The van der Waals surface area contributed by atoms with Gasteiger partial charge in [-0.1, -0.05) is 6.07 Å². The minimum absolute atomic E-state index is 0.617. The molecule has 0 fully saturated rings. The molecule has 0 spiro atoms. The topological polar surface area (TPSA) is 66.7 Å². The van der Waals surface area contributed by atoms with E-state index < -0.39 is 0 Å². The number of aryl methyl sites for hydroxylation is 1. The first-order valence-corrected chi connectivity index (χ1v) is 11.4. The summed E-state index contributed by atoms with van der Waals surface area (Å²) in [4.78, 5) is 23.3. The molecule has 0 radical (unpaired) electrons. The zero-order chi connectivity index (χ0) is 23.1. The Labute approximate surface area is 195 Å². The molecule has 33 heavy (non-hydrogen) atoms. The van der Waals surface area contributed by atoms with Crippen molar-refractivity contribution in [3.05, 3.63) is 58.8 Å². The van der Waals surface area contributed by atoms with Crippen molar-refractivity contribution in [2.75, 3.05) is 32.1 Å². The van der Waals surface area contributed by atoms with Crippen LogP contribution in [-0.2, 0) is 19.5 Å². The number of hydrogen-bond acceptors (Lipinski definition) is 7. The molecule has 0 amide bonds. The van der Waals surface area contributed by atoms with Gasteiger partial charge in [0.1, 0.15) is 24.0 Å². The second-order valence-electron chi connectivity index (χ2n) is 9.22. The predicted molar refractivity (Wildman–Crippen MR) is 132 cm³/mol. The van der Waals surface area contributed by atoms with Crippen LogP contribution < -0.4 is 9.64 Å². The Bertz CT molecular complexity index is 1250. The maximum atomic E-state index is 6.11. The summed E-state index contributed by atoms with van der Waals surface area (Å²) in [6.07, 6.45) is 2.80. The minimum Gasteiger partial charge on any atom is -0.491 e. The molecule has 7 heteroatoms. The minimum atomic E-state index is 0.617. The van der Waals surface area contributed by atoms with E-state index in [1.54, 1.807) is 0 Å². The molecule has 2 aliphatic heterocycles. The summed E-state index contributed by atoms with van der Waals surface area (Å²) >= 11 is 0. The number of fused-ring (bicyclic) bond motifs is 2. The number of aliphatic imine (C=N–C) groups is 1. The fourth-order valence-corrected chi connectivity index (χ4v) is 4.45. The Morgan fingerprint density at radius 1 is 1.06 bits per heavy atom. The standard InChI is InChI=1S/C26H30N6O/c1-16-10-22-23(28-16)12-20(13-27-22)19-6-7-24-21(11-19)14-32(8-9-33-24)26-17(2)18(3)29-25(30-26)15-31(4)5/h6-7,11-13H,8-10,14-15H2,1-5H3. The van der Waals surface area contributed by atoms with Gasteiger partial charge in [0, 0.05) is 47.3 Å². The van der Waals surface area contributed by atoms with E-state index in [0.717, 1.165) is 81.9 Å². The van der Waals surface area contributed by atoms with Gasteiger partial charge in [-0.15, -0.1) is 0 Å². The Hall–Kier alpha value is -3.32. The van der Waals surface area contributed by atoms with E-state index in [1.165, 1.54) is 0 Å². The molecule has 3 aromatic rings. The van der Waals surface area contributed by atoms with Crippen LogP contribution in [0.3, 0.4) is 0 Å². The number of pyridine rings is 1. The van der Waals surface area contributed by atoms with Crippen LogP contribution in [0.2, 0.25) is 0 Å². The summed E-state index contributed by atoms with van der Waals surface area (Å²) in [5.74, 6) is 2.77. The maximum absolute atomic E-state index is 6.11. The zero-order valence-electron chi connectivity index (χ0n) is 20.0. The van der Waals surface area contributed by atoms with E-state index in [1.807, 2.05) is 20.3 Å². The summed E-state index contributed by atoms with van der Waals surface area (Å²) in [7, 11) is 4.08. The van der Waals surface area contributed by atoms with Crippen molar-refractivity contribution in [3.8, 4) is 16.9 Å². The van der Waals surface area contributed by atoms with Crippen molar-refractivity contribution in [1.29, 1.82) is 0 Å². The normalized spacial score (nSPS) is 15.1. The van der Waals surface area contributed by atoms with Crippen molar-refractivity contribution in [2.45, 2.75) is 40.3 Å². The highest BCUT2D eigenvalue weighted by Crippen LogP contribution is 2.34. The molecule has 2 aromatic heterocycles. The summed E-state index contributed by atoms with van der Waals surface area (Å²) in [6, 6.07) is 8.54. The van der Waals surface area contributed by atoms with Crippen LogP contribution in [0.4, 0.5) is 11.5 Å². The van der Waals surface area contributed by atoms with Crippen molar-refractivity contribution in [1.82, 2.24) is 19.9 Å². The Morgan fingerprint density at radius 3 is 2.73 bits per heavy atom. The number of hydrogen-bond donors (Lipinski definition) is 0. The van der Waals surface area contributed by atoms with Crippen molar-refractivity contribution >= 4 is 17.2 Å². The van der Waals surface area contributed by atoms with Gasteiger partial charge in [-0.25, -0.2) is 9.97 Å². The SMILES string of the molecule is CC1=Nc2cc(-c3ccc4c(c3)CN(c3nc(CN(C)C)nc(C)c3C)CCO4)cnc2C1. The number of anilines is 1. The van der Waals surface area contributed by atoms with Crippen molar-refractivity contribution in [3.63, 3.8) is 0 Å². The first-order chi connectivity index (χ1) is 15.9. The van der Waals surface area contributed by atoms with Crippen LogP contribution in [0.5, 0.6) is 5.75 Å². The van der Waals surface area contributed by atoms with E-state index in [-0.39, 0.29) is 0 Å². The second-order valence-corrected chi connectivity index (χ2v) is 9.22. The van der Waals surface area contributed by atoms with E-state index in [2.05, 4.69) is 64.8 Å². The molecule has 0 bridgehead atoms. The van der Waals surface area contributed by atoms with Gasteiger partial charge in [-0.2, -0.15) is 0 Å². The fourth-order valence-electron chi connectivity index (χ4n) is 4.45. The molecule has 0 atom stereocenters. The lowest BCUT2D eigenvalue weighted by molar-refractivity contribution is 0.331. The number of rotatable bonds is 4. The third-order valence-electron chi connectivity index (χ3n) is 6.22. The van der Waals surface area contributed by atoms with Gasteiger partial charge in [0.25, 0.3) is 0 Å². The lowest BCUT2D eigenvalue weighted by atomic mass is 10.0. The quantitative estimate of drug-likeness (QED) is 0.601. The zero-order valence-corrected chi connectivity index (χ0v) is 20.0. The summed E-state index contributed by atoms with van der Waals surface area (Å²) < 4.78 is 6.11. The molecule has 0 saturated carbocycles. The predicted octanol–water partition coefficient (Wildman–Crippen LogP) is 4.26. The summed E-state index contributed by atoms with van der Waals surface area (Å²) in [5, 5.41) is 0. The molecule has 0 unspecified atom stereocenters. The molecule has 0 saturated heterocycles. The van der Waals surface area contributed by atoms with E-state index in [0.29, 0.717) is 13.2 Å². The number of aromatic nitrogens is 3. The van der Waals surface area contributed by atoms with Crippen LogP contribution >= 0.6 is 0 Å². The lowest BCUT2D eigenvalue weighted by Crippen LogP contribution is -2.28. The van der Waals surface area contributed by atoms with Gasteiger partial charge < -0.3 is 14.5 Å². The highest BCUT2D eigenvalue weighted by Gasteiger charge is 2.21. The molecule has 1 aromatic carbocycles. The Kier molecular flexibility index (Phi) is 5.58. The second kappa shape index (κ2) is 8.56. The van der Waals surface area contributed by atoms with E-state index in [9.17, 15) is 0 Å². The van der Waals surface area contributed by atoms with Gasteiger partial charge in [-0.05, 0) is 58.6 Å². The van der Waals surface area contributed by atoms with Crippen LogP contribution in [0.15, 0.2) is 35.5 Å². The first kappa shape index (κ1) is 21.5. The number of benzene rings is 1.